The Morgan fingerprint density at radius 1 is 0.586 bits per heavy atom. The first-order valence-corrected chi connectivity index (χ1v) is 7.97. The molecule has 0 saturated carbocycles. The third-order valence-corrected chi connectivity index (χ3v) is 3.36. The van der Waals surface area contributed by atoms with Crippen molar-refractivity contribution in [3.05, 3.63) is 109 Å². The Hall–Kier alpha value is -4.54. The Kier molecular flexibility index (Phi) is 7.14. The molecule has 0 N–H and O–H groups in total. The molecule has 0 fully saturated rings. The van der Waals surface area contributed by atoms with Crippen molar-refractivity contribution in [3.63, 3.8) is 0 Å². The van der Waals surface area contributed by atoms with Gasteiger partial charge < -0.3 is 0 Å². The molecule has 0 bridgehead atoms. The second-order valence-electron chi connectivity index (χ2n) is 5.32. The Bertz CT molecular complexity index is 1040. The van der Waals surface area contributed by atoms with E-state index in [0.717, 1.165) is 12.1 Å². The van der Waals surface area contributed by atoms with Gasteiger partial charge in [0.2, 0.25) is 0 Å². The van der Waals surface area contributed by atoms with Crippen molar-refractivity contribution in [2.75, 3.05) is 0 Å². The monoisotopic (exact) mass is 395 g/mol. The summed E-state index contributed by atoms with van der Waals surface area (Å²) in [6.07, 6.45) is 0. The summed E-state index contributed by atoms with van der Waals surface area (Å²) >= 11 is 0. The number of para-hydroxylation sites is 1. The van der Waals surface area contributed by atoms with Gasteiger partial charge in [-0.15, -0.1) is 5.11 Å². The molecule has 0 aromatic heterocycles. The highest BCUT2D eigenvalue weighted by atomic mass is 16.6. The van der Waals surface area contributed by atoms with Gasteiger partial charge in [0.1, 0.15) is 0 Å². The minimum atomic E-state index is -0.730. The van der Waals surface area contributed by atoms with E-state index in [0.29, 0.717) is 5.69 Å². The average Bonchev–Trinajstić information content (AvgIpc) is 2.73. The number of azo groups is 1. The molecule has 0 unspecified atom stereocenters. The largest absolute Gasteiger partial charge is 0.303 e. The van der Waals surface area contributed by atoms with Crippen molar-refractivity contribution in [2.24, 2.45) is 10.2 Å². The van der Waals surface area contributed by atoms with Gasteiger partial charge in [0.05, 0.1) is 26.5 Å². The first kappa shape index (κ1) is 20.8. The van der Waals surface area contributed by atoms with Crippen LogP contribution in [0.2, 0.25) is 0 Å². The van der Waals surface area contributed by atoms with Crippen LogP contribution in [0.5, 0.6) is 0 Å². The smallest absolute Gasteiger partial charge is 0.258 e. The van der Waals surface area contributed by atoms with E-state index in [1.165, 1.54) is 18.2 Å². The van der Waals surface area contributed by atoms with E-state index in [2.05, 4.69) is 10.2 Å². The predicted molar refractivity (Wildman–Crippen MR) is 103 cm³/mol. The van der Waals surface area contributed by atoms with Gasteiger partial charge in [-0.05, 0) is 18.2 Å². The van der Waals surface area contributed by atoms with Crippen LogP contribution in [-0.4, -0.2) is 14.8 Å². The van der Waals surface area contributed by atoms with Crippen molar-refractivity contribution in [2.45, 2.75) is 0 Å². The van der Waals surface area contributed by atoms with Gasteiger partial charge in [-0.1, -0.05) is 36.4 Å². The Morgan fingerprint density at radius 3 is 1.62 bits per heavy atom. The molecule has 0 atom stereocenters. The van der Waals surface area contributed by atoms with E-state index in [4.69, 9.17) is 0 Å². The second-order valence-corrected chi connectivity index (χ2v) is 5.32. The first-order valence-electron chi connectivity index (χ1n) is 7.97. The van der Waals surface area contributed by atoms with E-state index >= 15 is 0 Å². The zero-order chi connectivity index (χ0) is 21.2. The molecule has 0 saturated heterocycles. The third kappa shape index (κ3) is 6.29. The molecule has 0 heterocycles. The summed E-state index contributed by atoms with van der Waals surface area (Å²) in [5.74, 6) is 0. The van der Waals surface area contributed by atoms with E-state index in [1.54, 1.807) is 48.5 Å². The van der Waals surface area contributed by atoms with Gasteiger partial charge in [0.25, 0.3) is 11.4 Å². The topological polar surface area (TPSA) is 154 Å². The molecule has 29 heavy (non-hydrogen) atoms. The molecule has 3 aromatic rings. The van der Waals surface area contributed by atoms with Gasteiger partial charge in [-0.2, -0.15) is 5.11 Å². The Morgan fingerprint density at radius 2 is 1.14 bits per heavy atom. The van der Waals surface area contributed by atoms with Crippen molar-refractivity contribution in [1.29, 1.82) is 0 Å². The van der Waals surface area contributed by atoms with Crippen molar-refractivity contribution >= 4 is 28.4 Å². The maximum absolute atomic E-state index is 10.9. The maximum atomic E-state index is 10.9. The normalized spacial score (nSPS) is 10.1. The van der Waals surface area contributed by atoms with Crippen LogP contribution >= 0.6 is 0 Å². The molecule has 146 valence electrons. The lowest BCUT2D eigenvalue weighted by Crippen LogP contribution is -1.92. The average molecular weight is 395 g/mol. The highest BCUT2D eigenvalue weighted by Gasteiger charge is 2.19. The lowest BCUT2D eigenvalue weighted by molar-refractivity contribution is -0.393. The number of hydrogen-bond donors (Lipinski definition) is 0. The number of benzene rings is 3. The molecule has 3 aromatic carbocycles. The highest BCUT2D eigenvalue weighted by molar-refractivity contribution is 5.61. The van der Waals surface area contributed by atoms with Crippen LogP contribution in [0.3, 0.4) is 0 Å². The molecular formula is C18H13N5O6. The fourth-order valence-electron chi connectivity index (χ4n) is 2.01. The van der Waals surface area contributed by atoms with Gasteiger partial charge in [-0.3, -0.25) is 30.3 Å². The van der Waals surface area contributed by atoms with Crippen molar-refractivity contribution < 1.29 is 14.8 Å². The summed E-state index contributed by atoms with van der Waals surface area (Å²) < 4.78 is 0. The lowest BCUT2D eigenvalue weighted by Gasteiger charge is -1.97. The molecule has 0 radical (unpaired) electrons. The number of hydrogen-bond acceptors (Lipinski definition) is 8. The molecule has 0 aliphatic heterocycles. The fraction of sp³-hybridized carbons (Fsp3) is 0. The van der Waals surface area contributed by atoms with Crippen LogP contribution < -0.4 is 0 Å². The Labute approximate surface area is 163 Å². The molecule has 3 rings (SSSR count). The number of nitro groups is 3. The Balaban J connectivity index is 0.000000278. The van der Waals surface area contributed by atoms with Gasteiger partial charge in [0.15, 0.2) is 5.69 Å². The number of nitrogens with zero attached hydrogens (tertiary/aromatic N) is 5. The van der Waals surface area contributed by atoms with Gasteiger partial charge in [-0.25, -0.2) is 0 Å². The van der Waals surface area contributed by atoms with Crippen LogP contribution in [0, 0.1) is 30.3 Å². The molecule has 11 heteroatoms. The lowest BCUT2D eigenvalue weighted by atomic mass is 10.2. The van der Waals surface area contributed by atoms with Crippen LogP contribution in [-0.2, 0) is 0 Å². The summed E-state index contributed by atoms with van der Waals surface area (Å²) in [5, 5.41) is 39.1. The van der Waals surface area contributed by atoms with E-state index in [9.17, 15) is 30.3 Å². The molecular weight excluding hydrogens is 382 g/mol. The standard InChI is InChI=1S/C12H8N4O4.C6H5NO2/c17-15(18)10-6-7-11(12(8-10)16(19)20)14-13-9-4-2-1-3-5-9;8-7(9)6-4-2-1-3-5-6/h1-8H;1-5H. The van der Waals surface area contributed by atoms with Gasteiger partial charge in [0, 0.05) is 18.2 Å². The van der Waals surface area contributed by atoms with E-state index < -0.39 is 20.5 Å². The fourth-order valence-corrected chi connectivity index (χ4v) is 2.01. The molecule has 0 spiro atoms. The van der Waals surface area contributed by atoms with Crippen LogP contribution in [0.25, 0.3) is 0 Å². The van der Waals surface area contributed by atoms with Crippen LogP contribution in [0.15, 0.2) is 89.1 Å². The van der Waals surface area contributed by atoms with Crippen molar-refractivity contribution in [1.82, 2.24) is 0 Å². The highest BCUT2D eigenvalue weighted by Crippen LogP contribution is 2.32. The van der Waals surface area contributed by atoms with Crippen LogP contribution in [0.1, 0.15) is 0 Å². The molecule has 11 nitrogen and oxygen atoms in total. The maximum Gasteiger partial charge on any atom is 0.303 e. The van der Waals surface area contributed by atoms with Gasteiger partial charge >= 0.3 is 5.69 Å². The summed E-state index contributed by atoms with van der Waals surface area (Å²) in [7, 11) is 0. The quantitative estimate of drug-likeness (QED) is 0.315. The molecule has 0 amide bonds. The minimum Gasteiger partial charge on any atom is -0.258 e. The van der Waals surface area contributed by atoms with E-state index in [-0.39, 0.29) is 17.1 Å². The predicted octanol–water partition coefficient (Wildman–Crippen LogP) is 5.51. The summed E-state index contributed by atoms with van der Waals surface area (Å²) in [6, 6.07) is 19.8. The van der Waals surface area contributed by atoms with E-state index in [1.807, 2.05) is 0 Å². The minimum absolute atomic E-state index is 0.0375. The van der Waals surface area contributed by atoms with Crippen molar-refractivity contribution in [3.8, 4) is 0 Å². The third-order valence-electron chi connectivity index (χ3n) is 3.36. The number of nitro benzene ring substituents is 3. The second kappa shape index (κ2) is 9.97. The SMILES string of the molecule is O=[N+]([O-])c1ccc(N=Nc2ccccc2)c([N+](=O)[O-])c1.O=[N+]([O-])c1ccccc1. The summed E-state index contributed by atoms with van der Waals surface area (Å²) in [5.41, 5.74) is -0.198. The summed E-state index contributed by atoms with van der Waals surface area (Å²) in [6.45, 7) is 0. The molecule has 0 aliphatic carbocycles. The zero-order valence-corrected chi connectivity index (χ0v) is 14.7. The van der Waals surface area contributed by atoms with Crippen LogP contribution in [0.4, 0.5) is 28.4 Å². The number of non-ortho nitro benzene ring substituents is 2. The summed E-state index contributed by atoms with van der Waals surface area (Å²) in [4.78, 5) is 29.6. The zero-order valence-electron chi connectivity index (χ0n) is 14.7. The number of rotatable bonds is 5. The first-order chi connectivity index (χ1) is 13.9. The molecule has 0 aliphatic rings.